The average molecular weight is 595 g/mol. The summed E-state index contributed by atoms with van der Waals surface area (Å²) >= 11 is 0. The number of nitrogen functional groups attached to an aromatic ring is 2. The molecule has 0 aliphatic carbocycles. The third kappa shape index (κ3) is 3.45. The number of pyridine rings is 1. The van der Waals surface area contributed by atoms with Gasteiger partial charge in [-0.25, -0.2) is 0 Å². The predicted octanol–water partition coefficient (Wildman–Crippen LogP) is 1.13. The van der Waals surface area contributed by atoms with Gasteiger partial charge in [-0.2, -0.15) is 4.57 Å². The Kier molecular flexibility index (Phi) is 6.64. The molecule has 5 heteroatoms. The van der Waals surface area contributed by atoms with E-state index in [2.05, 4.69) is 60.0 Å². The van der Waals surface area contributed by atoms with E-state index in [-0.39, 0.29) is 44.7 Å². The van der Waals surface area contributed by atoms with E-state index in [1.807, 2.05) is 18.2 Å². The fourth-order valence-electron chi connectivity index (χ4n) is 3.49. The van der Waals surface area contributed by atoms with Crippen molar-refractivity contribution >= 4 is 33.1 Å². The Hall–Kier alpha value is -1.65. The van der Waals surface area contributed by atoms with E-state index in [4.69, 9.17) is 11.5 Å². The van der Waals surface area contributed by atoms with Gasteiger partial charge < -0.3 is 28.4 Å². The second-order valence-corrected chi connectivity index (χ2v) is 6.04. The minimum Gasteiger partial charge on any atom is -1.00 e. The number of hydrogen-bond acceptors (Lipinski definition) is 2. The number of aromatic nitrogens is 1. The molecule has 1 heterocycles. The SMILES string of the molecule is CC[n+]1c(-c2ccccc2)c2cc(N)ccc2c2ccc(N)cc21.[Br-].[Hg]. The van der Waals surface area contributed by atoms with Crippen LogP contribution in [-0.2, 0) is 34.2 Å². The summed E-state index contributed by atoms with van der Waals surface area (Å²) in [5.41, 5.74) is 17.2. The van der Waals surface area contributed by atoms with Crippen LogP contribution in [0.2, 0.25) is 0 Å². The van der Waals surface area contributed by atoms with Gasteiger partial charge in [0.15, 0.2) is 0 Å². The van der Waals surface area contributed by atoms with Crippen LogP contribution in [-0.4, -0.2) is 0 Å². The first-order valence-corrected chi connectivity index (χ1v) is 8.18. The second-order valence-electron chi connectivity index (χ2n) is 6.04. The zero-order valence-electron chi connectivity index (χ0n) is 14.7. The zero-order chi connectivity index (χ0) is 16.7. The summed E-state index contributed by atoms with van der Waals surface area (Å²) < 4.78 is 2.32. The summed E-state index contributed by atoms with van der Waals surface area (Å²) in [5, 5.41) is 3.56. The third-order valence-corrected chi connectivity index (χ3v) is 4.53. The standard InChI is InChI=1S/C21H19N3.BrH.Hg/c1-2-24-20-13-16(23)9-11-18(20)17-10-8-15(22)12-19(17)21(24)14-6-4-3-5-7-14;;/h3-13,23H,2,22H2,1H3;1H;. The Balaban J connectivity index is 0.00000121. The Bertz CT molecular complexity index is 1070. The number of rotatable bonds is 2. The van der Waals surface area contributed by atoms with Gasteiger partial charge in [0.1, 0.15) is 6.54 Å². The smallest absolute Gasteiger partial charge is 0.220 e. The van der Waals surface area contributed by atoms with Gasteiger partial charge in [-0.15, -0.1) is 0 Å². The second kappa shape index (κ2) is 8.36. The fraction of sp³-hybridized carbons (Fsp3) is 0.0952. The van der Waals surface area contributed by atoms with E-state index in [9.17, 15) is 0 Å². The maximum atomic E-state index is 6.10. The number of aryl methyl sites for hydroxylation is 1. The van der Waals surface area contributed by atoms with Crippen molar-refractivity contribution in [3.63, 3.8) is 0 Å². The number of halogens is 1. The van der Waals surface area contributed by atoms with E-state index in [1.54, 1.807) is 0 Å². The van der Waals surface area contributed by atoms with Crippen LogP contribution in [0.4, 0.5) is 11.4 Å². The average Bonchev–Trinajstić information content (AvgIpc) is 2.61. The maximum absolute atomic E-state index is 6.10. The van der Waals surface area contributed by atoms with Gasteiger partial charge in [0.05, 0.1) is 10.8 Å². The first kappa shape index (κ1) is 20.7. The quantitative estimate of drug-likeness (QED) is 0.158. The molecule has 0 atom stereocenters. The number of nitrogens with zero attached hydrogens (tertiary/aromatic N) is 1. The number of nitrogens with two attached hydrogens (primary N) is 2. The molecule has 4 rings (SSSR count). The summed E-state index contributed by atoms with van der Waals surface area (Å²) in [4.78, 5) is 0. The molecule has 3 nitrogen and oxygen atoms in total. The van der Waals surface area contributed by atoms with Crippen LogP contribution in [0, 0.1) is 0 Å². The van der Waals surface area contributed by atoms with Gasteiger partial charge in [-0.3, -0.25) is 0 Å². The minimum absolute atomic E-state index is 0. The molecule has 0 fully saturated rings. The number of fused-ring (bicyclic) bond motifs is 3. The van der Waals surface area contributed by atoms with Gasteiger partial charge in [-0.05, 0) is 43.3 Å². The molecule has 0 amide bonds. The number of anilines is 2. The third-order valence-electron chi connectivity index (χ3n) is 4.53. The van der Waals surface area contributed by atoms with E-state index < -0.39 is 0 Å². The van der Waals surface area contributed by atoms with Crippen molar-refractivity contribution in [2.45, 2.75) is 13.5 Å². The van der Waals surface area contributed by atoms with Gasteiger partial charge in [0, 0.05) is 56.1 Å². The molecular formula is C21H20BrHgN3. The molecule has 4 N–H and O–H groups in total. The Morgan fingerprint density at radius 1 is 0.769 bits per heavy atom. The van der Waals surface area contributed by atoms with Crippen LogP contribution in [0.1, 0.15) is 6.92 Å². The summed E-state index contributed by atoms with van der Waals surface area (Å²) in [7, 11) is 0. The molecule has 0 radical (unpaired) electrons. The molecule has 0 aliphatic rings. The van der Waals surface area contributed by atoms with E-state index in [0.717, 1.165) is 23.4 Å². The molecule has 0 saturated heterocycles. The fourth-order valence-corrected chi connectivity index (χ4v) is 3.49. The van der Waals surface area contributed by atoms with Gasteiger partial charge in [0.2, 0.25) is 11.2 Å². The summed E-state index contributed by atoms with van der Waals surface area (Å²) in [6.07, 6.45) is 0. The topological polar surface area (TPSA) is 55.9 Å². The predicted molar refractivity (Wildman–Crippen MR) is 102 cm³/mol. The van der Waals surface area contributed by atoms with Crippen LogP contribution in [0.3, 0.4) is 0 Å². The van der Waals surface area contributed by atoms with Crippen molar-refractivity contribution < 1.29 is 49.2 Å². The van der Waals surface area contributed by atoms with Crippen LogP contribution < -0.4 is 33.0 Å². The van der Waals surface area contributed by atoms with Crippen LogP contribution in [0.15, 0.2) is 66.7 Å². The Morgan fingerprint density at radius 2 is 1.38 bits per heavy atom. The Labute approximate surface area is 184 Å². The first-order valence-electron chi connectivity index (χ1n) is 8.18. The van der Waals surface area contributed by atoms with Crippen LogP contribution in [0.25, 0.3) is 32.9 Å². The molecule has 0 spiro atoms. The van der Waals surface area contributed by atoms with Crippen molar-refractivity contribution in [2.75, 3.05) is 11.5 Å². The van der Waals surface area contributed by atoms with E-state index in [1.165, 1.54) is 27.4 Å². The van der Waals surface area contributed by atoms with E-state index in [0.29, 0.717) is 0 Å². The van der Waals surface area contributed by atoms with Crippen molar-refractivity contribution in [1.29, 1.82) is 0 Å². The molecule has 3 aromatic carbocycles. The van der Waals surface area contributed by atoms with Crippen molar-refractivity contribution in [3.8, 4) is 11.3 Å². The largest absolute Gasteiger partial charge is 1.00 e. The molecule has 4 aromatic rings. The molecule has 128 valence electrons. The van der Waals surface area contributed by atoms with Crippen molar-refractivity contribution in [1.82, 2.24) is 0 Å². The monoisotopic (exact) mass is 595 g/mol. The zero-order valence-corrected chi connectivity index (χ0v) is 21.8. The molecule has 0 unspecified atom stereocenters. The molecule has 1 aromatic heterocycles. The Morgan fingerprint density at radius 3 is 2.04 bits per heavy atom. The summed E-state index contributed by atoms with van der Waals surface area (Å²) in [5.74, 6) is 0. The maximum Gasteiger partial charge on any atom is 0.220 e. The summed E-state index contributed by atoms with van der Waals surface area (Å²) in [6.45, 7) is 3.02. The van der Waals surface area contributed by atoms with E-state index >= 15 is 0 Å². The van der Waals surface area contributed by atoms with Gasteiger partial charge in [0.25, 0.3) is 0 Å². The molecule has 26 heavy (non-hydrogen) atoms. The first-order chi connectivity index (χ1) is 11.7. The molecule has 0 saturated carbocycles. The molecule has 0 aliphatic heterocycles. The van der Waals surface area contributed by atoms with Crippen LogP contribution in [0.5, 0.6) is 0 Å². The summed E-state index contributed by atoms with van der Waals surface area (Å²) in [6, 6.07) is 22.7. The van der Waals surface area contributed by atoms with Gasteiger partial charge in [-0.1, -0.05) is 24.3 Å². The van der Waals surface area contributed by atoms with Crippen molar-refractivity contribution in [2.24, 2.45) is 0 Å². The van der Waals surface area contributed by atoms with Gasteiger partial charge >= 0.3 is 0 Å². The minimum atomic E-state index is 0. The number of hydrogen-bond donors (Lipinski definition) is 2. The molecular weight excluding hydrogens is 575 g/mol. The number of benzene rings is 3. The van der Waals surface area contributed by atoms with Crippen molar-refractivity contribution in [3.05, 3.63) is 66.7 Å². The normalized spacial score (nSPS) is 10.3. The van der Waals surface area contributed by atoms with Crippen LogP contribution >= 0.6 is 0 Å². The molecule has 0 bridgehead atoms.